The van der Waals surface area contributed by atoms with Gasteiger partial charge in [0.1, 0.15) is 0 Å². The summed E-state index contributed by atoms with van der Waals surface area (Å²) in [6.07, 6.45) is 0. The summed E-state index contributed by atoms with van der Waals surface area (Å²) in [5, 5.41) is 0. The van der Waals surface area contributed by atoms with Crippen LogP contribution in [0.2, 0.25) is 0 Å². The van der Waals surface area contributed by atoms with E-state index in [0.717, 1.165) is 0 Å². The van der Waals surface area contributed by atoms with Crippen molar-refractivity contribution in [3.63, 3.8) is 0 Å². The van der Waals surface area contributed by atoms with Crippen LogP contribution in [0.3, 0.4) is 0 Å². The summed E-state index contributed by atoms with van der Waals surface area (Å²) >= 11 is 0. The highest BCUT2D eigenvalue weighted by atomic mass is 16.2. The zero-order chi connectivity index (χ0) is 15.1. The number of nitrogen functional groups attached to an aromatic ring is 2. The molecule has 0 radical (unpaired) electrons. The van der Waals surface area contributed by atoms with E-state index in [1.54, 1.807) is 24.3 Å². The van der Waals surface area contributed by atoms with Gasteiger partial charge in [0.25, 0.3) is 0 Å². The molecule has 6 heteroatoms. The third-order valence-corrected chi connectivity index (χ3v) is 2.45. The van der Waals surface area contributed by atoms with E-state index >= 15 is 0 Å². The van der Waals surface area contributed by atoms with Gasteiger partial charge in [-0.05, 0) is 24.3 Å². The molecule has 2 amide bonds. The van der Waals surface area contributed by atoms with Gasteiger partial charge in [0.15, 0.2) is 0 Å². The van der Waals surface area contributed by atoms with Crippen molar-refractivity contribution in [2.45, 2.75) is 0 Å². The summed E-state index contributed by atoms with van der Waals surface area (Å²) in [5.74, 6) is -1.30. The SMILES string of the molecule is NC(=O)c1ccccc1C(N)=O.Nc1ccccc1N. The van der Waals surface area contributed by atoms with Gasteiger partial charge in [-0.2, -0.15) is 0 Å². The van der Waals surface area contributed by atoms with Crippen molar-refractivity contribution in [3.8, 4) is 0 Å². The molecule has 0 aliphatic rings. The van der Waals surface area contributed by atoms with Crippen molar-refractivity contribution in [1.82, 2.24) is 0 Å². The zero-order valence-corrected chi connectivity index (χ0v) is 10.7. The normalized spacial score (nSPS) is 9.20. The van der Waals surface area contributed by atoms with E-state index in [4.69, 9.17) is 22.9 Å². The molecule has 0 spiro atoms. The maximum atomic E-state index is 10.7. The molecule has 0 saturated heterocycles. The van der Waals surface area contributed by atoms with Gasteiger partial charge in [-0.3, -0.25) is 9.59 Å². The van der Waals surface area contributed by atoms with Crippen LogP contribution in [0.4, 0.5) is 11.4 Å². The molecular formula is C14H16N4O2. The van der Waals surface area contributed by atoms with E-state index in [2.05, 4.69) is 0 Å². The predicted molar refractivity (Wildman–Crippen MR) is 78.7 cm³/mol. The monoisotopic (exact) mass is 272 g/mol. The van der Waals surface area contributed by atoms with Gasteiger partial charge in [-0.25, -0.2) is 0 Å². The molecular weight excluding hydrogens is 256 g/mol. The van der Waals surface area contributed by atoms with E-state index in [0.29, 0.717) is 11.4 Å². The number of nitrogens with two attached hydrogens (primary N) is 4. The number of amides is 2. The number of para-hydroxylation sites is 2. The van der Waals surface area contributed by atoms with Crippen LogP contribution in [0.15, 0.2) is 48.5 Å². The highest BCUT2D eigenvalue weighted by molar-refractivity contribution is 6.06. The lowest BCUT2D eigenvalue weighted by Crippen LogP contribution is -2.20. The minimum atomic E-state index is -0.649. The summed E-state index contributed by atoms with van der Waals surface area (Å²) in [7, 11) is 0. The Hall–Kier alpha value is -3.02. The minimum absolute atomic E-state index is 0.157. The molecule has 0 heterocycles. The second-order valence-corrected chi connectivity index (χ2v) is 3.90. The molecule has 20 heavy (non-hydrogen) atoms. The fraction of sp³-hybridized carbons (Fsp3) is 0. The summed E-state index contributed by atoms with van der Waals surface area (Å²) in [5.41, 5.74) is 22.4. The van der Waals surface area contributed by atoms with Crippen molar-refractivity contribution < 1.29 is 9.59 Å². The first-order chi connectivity index (χ1) is 9.43. The minimum Gasteiger partial charge on any atom is -0.397 e. The van der Waals surface area contributed by atoms with Crippen molar-refractivity contribution >= 4 is 23.2 Å². The number of benzene rings is 2. The molecule has 0 fully saturated rings. The Morgan fingerprint density at radius 1 is 0.650 bits per heavy atom. The Morgan fingerprint density at radius 3 is 1.20 bits per heavy atom. The third kappa shape index (κ3) is 4.02. The van der Waals surface area contributed by atoms with Crippen LogP contribution in [0, 0.1) is 0 Å². The van der Waals surface area contributed by atoms with E-state index < -0.39 is 11.8 Å². The first-order valence-corrected chi connectivity index (χ1v) is 5.72. The Labute approximate surface area is 116 Å². The second kappa shape index (κ2) is 6.79. The van der Waals surface area contributed by atoms with E-state index in [1.165, 1.54) is 12.1 Å². The number of hydrogen-bond acceptors (Lipinski definition) is 4. The molecule has 0 bridgehead atoms. The summed E-state index contributed by atoms with van der Waals surface area (Å²) in [6.45, 7) is 0. The molecule has 0 aliphatic carbocycles. The topological polar surface area (TPSA) is 138 Å². The Balaban J connectivity index is 0.000000217. The largest absolute Gasteiger partial charge is 0.397 e. The van der Waals surface area contributed by atoms with Gasteiger partial charge < -0.3 is 22.9 Å². The van der Waals surface area contributed by atoms with Gasteiger partial charge in [-0.1, -0.05) is 24.3 Å². The molecule has 2 aromatic rings. The van der Waals surface area contributed by atoms with Gasteiger partial charge in [0.05, 0.1) is 22.5 Å². The Kier molecular flexibility index (Phi) is 5.11. The predicted octanol–water partition coefficient (Wildman–Crippen LogP) is 0.735. The van der Waals surface area contributed by atoms with E-state index in [-0.39, 0.29) is 11.1 Å². The third-order valence-electron chi connectivity index (χ3n) is 2.45. The Morgan fingerprint density at radius 2 is 0.950 bits per heavy atom. The van der Waals surface area contributed by atoms with Crippen LogP contribution in [0.1, 0.15) is 20.7 Å². The summed E-state index contributed by atoms with van der Waals surface area (Å²) < 4.78 is 0. The highest BCUT2D eigenvalue weighted by Crippen LogP contribution is 2.10. The molecule has 6 nitrogen and oxygen atoms in total. The quantitative estimate of drug-likeness (QED) is 0.598. The summed E-state index contributed by atoms with van der Waals surface area (Å²) in [6, 6.07) is 13.4. The molecule has 0 atom stereocenters. The smallest absolute Gasteiger partial charge is 0.249 e. The summed E-state index contributed by atoms with van der Waals surface area (Å²) in [4.78, 5) is 21.5. The van der Waals surface area contributed by atoms with Crippen molar-refractivity contribution in [1.29, 1.82) is 0 Å². The number of anilines is 2. The molecule has 0 aliphatic heterocycles. The van der Waals surface area contributed by atoms with Gasteiger partial charge in [0.2, 0.25) is 11.8 Å². The maximum absolute atomic E-state index is 10.7. The van der Waals surface area contributed by atoms with Crippen LogP contribution in [0.25, 0.3) is 0 Å². The van der Waals surface area contributed by atoms with Crippen molar-refractivity contribution in [3.05, 3.63) is 59.7 Å². The molecule has 0 saturated carbocycles. The van der Waals surface area contributed by atoms with Gasteiger partial charge >= 0.3 is 0 Å². The standard InChI is InChI=1S/C8H8N2O2.C6H8N2/c9-7(11)5-3-1-2-4-6(5)8(10)12;7-5-3-1-2-4-6(5)8/h1-4H,(H2,9,11)(H2,10,12);1-4H,7-8H2. The lowest BCUT2D eigenvalue weighted by molar-refractivity contribution is 0.0967. The van der Waals surface area contributed by atoms with E-state index in [9.17, 15) is 9.59 Å². The highest BCUT2D eigenvalue weighted by Gasteiger charge is 2.10. The fourth-order valence-electron chi connectivity index (χ4n) is 1.42. The molecule has 0 unspecified atom stereocenters. The molecule has 8 N–H and O–H groups in total. The van der Waals surface area contributed by atoms with Gasteiger partial charge in [-0.15, -0.1) is 0 Å². The van der Waals surface area contributed by atoms with Crippen LogP contribution in [-0.2, 0) is 0 Å². The number of rotatable bonds is 2. The molecule has 2 aromatic carbocycles. The average molecular weight is 272 g/mol. The van der Waals surface area contributed by atoms with Crippen LogP contribution >= 0.6 is 0 Å². The number of carbonyl (C=O) groups is 2. The Bertz CT molecular complexity index is 572. The first-order valence-electron chi connectivity index (χ1n) is 5.72. The lowest BCUT2D eigenvalue weighted by atomic mass is 10.1. The van der Waals surface area contributed by atoms with Crippen LogP contribution in [-0.4, -0.2) is 11.8 Å². The number of hydrogen-bond donors (Lipinski definition) is 4. The van der Waals surface area contributed by atoms with Crippen molar-refractivity contribution in [2.24, 2.45) is 11.5 Å². The van der Waals surface area contributed by atoms with Crippen LogP contribution < -0.4 is 22.9 Å². The maximum Gasteiger partial charge on any atom is 0.249 e. The number of primary amides is 2. The molecule has 104 valence electrons. The van der Waals surface area contributed by atoms with E-state index in [1.807, 2.05) is 12.1 Å². The van der Waals surface area contributed by atoms with Gasteiger partial charge in [0, 0.05) is 0 Å². The first kappa shape index (κ1) is 15.0. The zero-order valence-electron chi connectivity index (χ0n) is 10.7. The van der Waals surface area contributed by atoms with Crippen molar-refractivity contribution in [2.75, 3.05) is 11.5 Å². The lowest BCUT2D eigenvalue weighted by Gasteiger charge is -2.00. The molecule has 0 aromatic heterocycles. The molecule has 2 rings (SSSR count). The number of carbonyl (C=O) groups excluding carboxylic acids is 2. The fourth-order valence-corrected chi connectivity index (χ4v) is 1.42. The second-order valence-electron chi connectivity index (χ2n) is 3.90. The average Bonchev–Trinajstić information content (AvgIpc) is 2.43. The van der Waals surface area contributed by atoms with Crippen LogP contribution in [0.5, 0.6) is 0 Å².